The fraction of sp³-hybridized carbons (Fsp3) is 0.429. The molecular weight excluding hydrogens is 410 g/mol. The summed E-state index contributed by atoms with van der Waals surface area (Å²) in [5.74, 6) is -0.345. The average molecular weight is 438 g/mol. The predicted octanol–water partition coefficient (Wildman–Crippen LogP) is 2.35. The molecule has 2 atom stereocenters. The van der Waals surface area contributed by atoms with Crippen LogP contribution in [0.15, 0.2) is 41.3 Å². The summed E-state index contributed by atoms with van der Waals surface area (Å²) in [6.07, 6.45) is 0. The maximum absolute atomic E-state index is 13.5. The van der Waals surface area contributed by atoms with Gasteiger partial charge in [0.1, 0.15) is 10.6 Å². The Hall–Kier alpha value is -1.90. The number of aryl methyl sites for hydroxylation is 3. The van der Waals surface area contributed by atoms with Crippen LogP contribution in [0.4, 0.5) is 0 Å². The minimum absolute atomic E-state index is 0.0490. The number of methoxy groups -OCH3 is 1. The molecule has 2 aromatic rings. The van der Waals surface area contributed by atoms with Crippen LogP contribution in [0.25, 0.3) is 0 Å². The first-order valence-electron chi connectivity index (χ1n) is 9.42. The molecule has 8 heteroatoms. The Bertz CT molecular complexity index is 1120. The van der Waals surface area contributed by atoms with Crippen molar-refractivity contribution in [1.82, 2.24) is 5.32 Å². The molecule has 1 N–H and O–H groups in total. The van der Waals surface area contributed by atoms with Crippen LogP contribution in [0.2, 0.25) is 0 Å². The number of benzene rings is 2. The molecular formula is C21H27NO5S2. The fourth-order valence-corrected chi connectivity index (χ4v) is 8.61. The van der Waals surface area contributed by atoms with Crippen molar-refractivity contribution in [1.29, 1.82) is 0 Å². The summed E-state index contributed by atoms with van der Waals surface area (Å²) in [6.45, 7) is 6.08. The quantitative estimate of drug-likeness (QED) is 0.746. The summed E-state index contributed by atoms with van der Waals surface area (Å²) in [5, 5.41) is 2.12. The SMILES string of the molecule is COc1cc(C)c(C)cc1S(=O)(=O)[C@H]1CS(=O)(=O)C[C@@H]1NCc1ccccc1C. The molecule has 0 radical (unpaired) electrons. The highest BCUT2D eigenvalue weighted by Crippen LogP contribution is 2.33. The second kappa shape index (κ2) is 8.08. The van der Waals surface area contributed by atoms with Gasteiger partial charge in [-0.05, 0) is 55.2 Å². The van der Waals surface area contributed by atoms with E-state index in [-0.39, 0.29) is 16.4 Å². The lowest BCUT2D eigenvalue weighted by atomic mass is 10.1. The van der Waals surface area contributed by atoms with Crippen molar-refractivity contribution in [2.75, 3.05) is 18.6 Å². The topological polar surface area (TPSA) is 89.5 Å². The molecule has 1 fully saturated rings. The molecule has 0 unspecified atom stereocenters. The zero-order valence-corrected chi connectivity index (χ0v) is 18.7. The Morgan fingerprint density at radius 3 is 2.34 bits per heavy atom. The van der Waals surface area contributed by atoms with Gasteiger partial charge in [0.05, 0.1) is 23.9 Å². The van der Waals surface area contributed by atoms with E-state index in [1.165, 1.54) is 7.11 Å². The van der Waals surface area contributed by atoms with Crippen molar-refractivity contribution >= 4 is 19.7 Å². The lowest BCUT2D eigenvalue weighted by Gasteiger charge is -2.22. The van der Waals surface area contributed by atoms with Crippen LogP contribution < -0.4 is 10.1 Å². The number of nitrogens with one attached hydrogen (secondary N) is 1. The Balaban J connectivity index is 1.96. The molecule has 1 heterocycles. The lowest BCUT2D eigenvalue weighted by Crippen LogP contribution is -2.43. The largest absolute Gasteiger partial charge is 0.495 e. The van der Waals surface area contributed by atoms with Crippen molar-refractivity contribution in [3.05, 3.63) is 58.7 Å². The van der Waals surface area contributed by atoms with Gasteiger partial charge in [0, 0.05) is 12.6 Å². The van der Waals surface area contributed by atoms with Crippen LogP contribution in [0, 0.1) is 20.8 Å². The summed E-state index contributed by atoms with van der Waals surface area (Å²) in [6, 6.07) is 10.3. The molecule has 1 saturated heterocycles. The Kier molecular flexibility index (Phi) is 6.08. The summed E-state index contributed by atoms with van der Waals surface area (Å²) in [4.78, 5) is 0.0490. The van der Waals surface area contributed by atoms with E-state index < -0.39 is 36.7 Å². The predicted molar refractivity (Wildman–Crippen MR) is 114 cm³/mol. The van der Waals surface area contributed by atoms with Crippen LogP contribution in [0.1, 0.15) is 22.3 Å². The summed E-state index contributed by atoms with van der Waals surface area (Å²) in [7, 11) is -5.97. The number of ether oxygens (including phenoxy) is 1. The average Bonchev–Trinajstić information content (AvgIpc) is 2.98. The van der Waals surface area contributed by atoms with E-state index in [0.29, 0.717) is 6.54 Å². The van der Waals surface area contributed by atoms with Gasteiger partial charge in [-0.3, -0.25) is 0 Å². The smallest absolute Gasteiger partial charge is 0.187 e. The standard InChI is InChI=1S/C21H27NO5S2/c1-14-7-5-6-8-17(14)11-22-18-12-28(23,24)13-21(18)29(25,26)20-10-16(3)15(2)9-19(20)27-4/h5-10,18,21-22H,11-13H2,1-4H3/t18-,21-/m0/s1. The van der Waals surface area contributed by atoms with Crippen LogP contribution >= 0.6 is 0 Å². The van der Waals surface area contributed by atoms with Crippen LogP contribution in [-0.4, -0.2) is 46.7 Å². The molecule has 1 aliphatic rings. The number of rotatable bonds is 6. The third-order valence-corrected chi connectivity index (χ3v) is 9.77. The second-order valence-corrected chi connectivity index (χ2v) is 12.0. The highest BCUT2D eigenvalue weighted by molar-refractivity contribution is 7.96. The molecule has 0 aliphatic carbocycles. The van der Waals surface area contributed by atoms with E-state index in [2.05, 4.69) is 5.32 Å². The maximum atomic E-state index is 13.5. The molecule has 0 aromatic heterocycles. The van der Waals surface area contributed by atoms with Crippen molar-refractivity contribution in [2.24, 2.45) is 0 Å². The minimum Gasteiger partial charge on any atom is -0.495 e. The van der Waals surface area contributed by atoms with E-state index in [4.69, 9.17) is 4.74 Å². The first kappa shape index (κ1) is 21.8. The molecule has 158 valence electrons. The summed E-state index contributed by atoms with van der Waals surface area (Å²) >= 11 is 0. The van der Waals surface area contributed by atoms with E-state index in [9.17, 15) is 16.8 Å². The highest BCUT2D eigenvalue weighted by atomic mass is 32.2. The van der Waals surface area contributed by atoms with Gasteiger partial charge < -0.3 is 10.1 Å². The molecule has 29 heavy (non-hydrogen) atoms. The summed E-state index contributed by atoms with van der Waals surface area (Å²) < 4.78 is 56.9. The van der Waals surface area contributed by atoms with Crippen molar-refractivity contribution in [3.8, 4) is 5.75 Å². The van der Waals surface area contributed by atoms with Gasteiger partial charge in [0.2, 0.25) is 0 Å². The third kappa shape index (κ3) is 4.49. The van der Waals surface area contributed by atoms with Crippen molar-refractivity contribution < 1.29 is 21.6 Å². The zero-order valence-electron chi connectivity index (χ0n) is 17.1. The van der Waals surface area contributed by atoms with Crippen molar-refractivity contribution in [3.63, 3.8) is 0 Å². The van der Waals surface area contributed by atoms with Crippen molar-refractivity contribution in [2.45, 2.75) is 43.5 Å². The molecule has 3 rings (SSSR count). The maximum Gasteiger partial charge on any atom is 0.187 e. The monoisotopic (exact) mass is 437 g/mol. The van der Waals surface area contributed by atoms with Gasteiger partial charge in [-0.25, -0.2) is 16.8 Å². The van der Waals surface area contributed by atoms with Gasteiger partial charge in [-0.1, -0.05) is 24.3 Å². The normalized spacial score (nSPS) is 21.2. The minimum atomic E-state index is -3.92. The van der Waals surface area contributed by atoms with E-state index in [1.807, 2.05) is 45.0 Å². The number of sulfone groups is 2. The Morgan fingerprint density at radius 1 is 1.03 bits per heavy atom. The fourth-order valence-electron chi connectivity index (χ4n) is 3.67. The molecule has 2 aromatic carbocycles. The van der Waals surface area contributed by atoms with E-state index >= 15 is 0 Å². The lowest BCUT2D eigenvalue weighted by molar-refractivity contribution is 0.401. The van der Waals surface area contributed by atoms with Crippen LogP contribution in [0.3, 0.4) is 0 Å². The molecule has 0 spiro atoms. The van der Waals surface area contributed by atoms with Gasteiger partial charge in [-0.15, -0.1) is 0 Å². The molecule has 1 aliphatic heterocycles. The van der Waals surface area contributed by atoms with Crippen LogP contribution in [-0.2, 0) is 26.2 Å². The van der Waals surface area contributed by atoms with E-state index in [0.717, 1.165) is 22.3 Å². The molecule has 0 amide bonds. The first-order chi connectivity index (χ1) is 13.5. The highest BCUT2D eigenvalue weighted by Gasteiger charge is 2.46. The summed E-state index contributed by atoms with van der Waals surface area (Å²) in [5.41, 5.74) is 3.80. The molecule has 6 nitrogen and oxygen atoms in total. The zero-order chi connectivity index (χ0) is 21.4. The first-order valence-corrected chi connectivity index (χ1v) is 12.8. The second-order valence-electron chi connectivity index (χ2n) is 7.66. The van der Waals surface area contributed by atoms with Gasteiger partial charge in [-0.2, -0.15) is 0 Å². The van der Waals surface area contributed by atoms with Gasteiger partial charge in [0.15, 0.2) is 19.7 Å². The van der Waals surface area contributed by atoms with Gasteiger partial charge >= 0.3 is 0 Å². The number of hydrogen-bond acceptors (Lipinski definition) is 6. The van der Waals surface area contributed by atoms with Crippen LogP contribution in [0.5, 0.6) is 5.75 Å². The molecule has 0 saturated carbocycles. The third-order valence-electron chi connectivity index (χ3n) is 5.60. The van der Waals surface area contributed by atoms with E-state index in [1.54, 1.807) is 12.1 Å². The number of hydrogen-bond donors (Lipinski definition) is 1. The molecule has 0 bridgehead atoms. The Morgan fingerprint density at radius 2 is 1.69 bits per heavy atom. The van der Waals surface area contributed by atoms with Gasteiger partial charge in [0.25, 0.3) is 0 Å². The Labute approximate surface area is 173 Å².